The minimum atomic E-state index is -3.69. The Morgan fingerprint density at radius 1 is 1.17 bits per heavy atom. The zero-order valence-corrected chi connectivity index (χ0v) is 25.9. The van der Waals surface area contributed by atoms with Gasteiger partial charge in [0.05, 0.1) is 23.4 Å². The van der Waals surface area contributed by atoms with Gasteiger partial charge >= 0.3 is 0 Å². The Bertz CT molecular complexity index is 1850. The third-order valence-electron chi connectivity index (χ3n) is 8.43. The number of aliphatic imine (C=N–C) groups is 1. The van der Waals surface area contributed by atoms with Gasteiger partial charge in [0.2, 0.25) is 5.95 Å². The Morgan fingerprint density at radius 3 is 2.65 bits per heavy atom. The third-order valence-corrected chi connectivity index (χ3v) is 10.1. The molecule has 0 aromatic carbocycles. The normalized spacial score (nSPS) is 25.2. The van der Waals surface area contributed by atoms with Crippen LogP contribution in [0.25, 0.3) is 11.2 Å². The molecule has 6 heterocycles. The SMILES string of the molecule is CC1(C)Nc2nc(N)[nH]c(=O)c2N=C1C(=O)NC1CCN(CCS(=O)(=O)C[C@H]2O[C@@H](n3cnc4c(N)ncnc43)[C@H](O)[C@@H]2O)CC1. The van der Waals surface area contributed by atoms with Crippen molar-refractivity contribution in [1.29, 1.82) is 0 Å². The van der Waals surface area contributed by atoms with Crippen LogP contribution in [0, 0.1) is 0 Å². The van der Waals surface area contributed by atoms with Crippen LogP contribution >= 0.6 is 0 Å². The van der Waals surface area contributed by atoms with Gasteiger partial charge in [0, 0.05) is 25.7 Å². The van der Waals surface area contributed by atoms with E-state index in [0.717, 1.165) is 0 Å². The lowest BCUT2D eigenvalue weighted by atomic mass is 9.94. The molecule has 20 heteroatoms. The maximum absolute atomic E-state index is 13.2. The molecule has 0 saturated carbocycles. The van der Waals surface area contributed by atoms with Crippen LogP contribution in [0.15, 0.2) is 22.4 Å². The lowest BCUT2D eigenvalue weighted by Crippen LogP contribution is -2.54. The van der Waals surface area contributed by atoms with E-state index in [1.807, 2.05) is 4.90 Å². The molecule has 0 aliphatic carbocycles. The molecule has 248 valence electrons. The van der Waals surface area contributed by atoms with Crippen LogP contribution in [0.4, 0.5) is 23.3 Å². The number of piperidine rings is 1. The van der Waals surface area contributed by atoms with Gasteiger partial charge in [0.1, 0.15) is 35.9 Å². The number of H-pyrrole nitrogens is 1. The number of ether oxygens (including phenoxy) is 1. The van der Waals surface area contributed by atoms with Gasteiger partial charge in [-0.1, -0.05) is 0 Å². The van der Waals surface area contributed by atoms with E-state index in [4.69, 9.17) is 16.2 Å². The van der Waals surface area contributed by atoms with Crippen LogP contribution in [-0.4, -0.2) is 126 Å². The second kappa shape index (κ2) is 11.8. The maximum atomic E-state index is 13.2. The van der Waals surface area contributed by atoms with Gasteiger partial charge in [-0.25, -0.2) is 28.4 Å². The third kappa shape index (κ3) is 6.12. The summed E-state index contributed by atoms with van der Waals surface area (Å²) >= 11 is 0. The quantitative estimate of drug-likeness (QED) is 0.133. The van der Waals surface area contributed by atoms with E-state index in [0.29, 0.717) is 31.4 Å². The number of rotatable bonds is 8. The number of nitrogen functional groups attached to an aromatic ring is 2. The number of hydrogen-bond acceptors (Lipinski definition) is 16. The van der Waals surface area contributed by atoms with E-state index >= 15 is 0 Å². The summed E-state index contributed by atoms with van der Waals surface area (Å²) < 4.78 is 33.3. The summed E-state index contributed by atoms with van der Waals surface area (Å²) in [4.78, 5) is 50.4. The van der Waals surface area contributed by atoms with Crippen molar-refractivity contribution in [2.45, 2.75) is 62.8 Å². The number of anilines is 3. The molecule has 0 unspecified atom stereocenters. The molecular formula is C26H36N12O7S. The second-order valence-electron chi connectivity index (χ2n) is 12.2. The number of hydrogen-bond donors (Lipinski definition) is 7. The Balaban J connectivity index is 1.01. The van der Waals surface area contributed by atoms with Gasteiger partial charge in [0.25, 0.3) is 11.5 Å². The van der Waals surface area contributed by atoms with Gasteiger partial charge in [-0.2, -0.15) is 4.98 Å². The highest BCUT2D eigenvalue weighted by Gasteiger charge is 2.46. The monoisotopic (exact) mass is 660 g/mol. The fourth-order valence-corrected chi connectivity index (χ4v) is 7.41. The first-order chi connectivity index (χ1) is 21.7. The molecule has 1 amide bonds. The number of aliphatic hydroxyl groups is 2. The molecule has 6 rings (SSSR count). The largest absolute Gasteiger partial charge is 0.387 e. The van der Waals surface area contributed by atoms with E-state index in [1.165, 1.54) is 17.2 Å². The van der Waals surface area contributed by atoms with Gasteiger partial charge in [-0.3, -0.25) is 19.1 Å². The zero-order valence-electron chi connectivity index (χ0n) is 25.1. The van der Waals surface area contributed by atoms with E-state index in [1.54, 1.807) is 13.8 Å². The van der Waals surface area contributed by atoms with Crippen LogP contribution in [-0.2, 0) is 19.4 Å². The molecule has 3 aliphatic rings. The lowest BCUT2D eigenvalue weighted by molar-refractivity contribution is -0.116. The number of carbonyl (C=O) groups excluding carboxylic acids is 1. The number of likely N-dealkylation sites (tertiary alicyclic amines) is 1. The molecule has 3 aromatic rings. The summed E-state index contributed by atoms with van der Waals surface area (Å²) in [5.41, 5.74) is 10.7. The number of nitrogens with one attached hydrogen (secondary N) is 3. The van der Waals surface area contributed by atoms with Crippen molar-refractivity contribution in [3.8, 4) is 0 Å². The molecular weight excluding hydrogens is 624 g/mol. The van der Waals surface area contributed by atoms with Crippen molar-refractivity contribution in [3.05, 3.63) is 23.0 Å². The fourth-order valence-electron chi connectivity index (χ4n) is 5.93. The number of sulfone groups is 1. The predicted molar refractivity (Wildman–Crippen MR) is 166 cm³/mol. The van der Waals surface area contributed by atoms with Crippen molar-refractivity contribution in [1.82, 2.24) is 39.7 Å². The number of fused-ring (bicyclic) bond motifs is 2. The van der Waals surface area contributed by atoms with Crippen LogP contribution in [0.5, 0.6) is 0 Å². The molecule has 2 fully saturated rings. The second-order valence-corrected chi connectivity index (χ2v) is 14.4. The van der Waals surface area contributed by atoms with Crippen molar-refractivity contribution >= 4 is 55.9 Å². The van der Waals surface area contributed by atoms with E-state index in [9.17, 15) is 28.2 Å². The summed E-state index contributed by atoms with van der Waals surface area (Å²) in [7, 11) is -3.69. The summed E-state index contributed by atoms with van der Waals surface area (Å²) in [6.07, 6.45) is -1.43. The molecule has 2 saturated heterocycles. The van der Waals surface area contributed by atoms with Crippen LogP contribution in [0.2, 0.25) is 0 Å². The number of nitrogens with two attached hydrogens (primary N) is 2. The first-order valence-electron chi connectivity index (χ1n) is 14.7. The Morgan fingerprint density at radius 2 is 1.91 bits per heavy atom. The summed E-state index contributed by atoms with van der Waals surface area (Å²) in [6, 6.07) is -0.177. The van der Waals surface area contributed by atoms with Crippen molar-refractivity contribution in [2.24, 2.45) is 4.99 Å². The van der Waals surface area contributed by atoms with Crippen molar-refractivity contribution in [2.75, 3.05) is 47.9 Å². The van der Waals surface area contributed by atoms with Gasteiger partial charge in [0.15, 0.2) is 39.0 Å². The average molecular weight is 661 g/mol. The van der Waals surface area contributed by atoms with Crippen molar-refractivity contribution in [3.63, 3.8) is 0 Å². The molecule has 0 spiro atoms. The van der Waals surface area contributed by atoms with E-state index < -0.39 is 57.1 Å². The molecule has 3 aliphatic heterocycles. The topological polar surface area (TPSA) is 282 Å². The number of aromatic nitrogens is 6. The molecule has 4 atom stereocenters. The smallest absolute Gasteiger partial charge is 0.280 e. The number of carbonyl (C=O) groups is 1. The Labute approximate surface area is 262 Å². The standard InChI is InChI=1S/C26H36N12O7S/c1-26(2)18(33-15-20(36-26)34-25(28)35-22(15)41)23(42)32-12-3-5-37(6-4-12)7-8-46(43,44)9-13-16(39)17(40)24(45-13)38-11-31-14-19(27)29-10-30-21(14)38/h10-13,16-17,24,39-40H,3-9H2,1-2H3,(H,32,42)(H2,27,29,30)(H4,28,34,35,36,41)/t13-,16-,17-,24-/m1/s1. The van der Waals surface area contributed by atoms with Crippen LogP contribution in [0.1, 0.15) is 32.9 Å². The number of amides is 1. The van der Waals surface area contributed by atoms with Gasteiger partial charge in [-0.15, -0.1) is 0 Å². The van der Waals surface area contributed by atoms with Crippen LogP contribution in [0.3, 0.4) is 0 Å². The van der Waals surface area contributed by atoms with Crippen LogP contribution < -0.4 is 27.7 Å². The highest BCUT2D eigenvalue weighted by atomic mass is 32.2. The fraction of sp³-hybridized carbons (Fsp3) is 0.577. The predicted octanol–water partition coefficient (Wildman–Crippen LogP) is -2.33. The first-order valence-corrected chi connectivity index (χ1v) is 16.5. The molecule has 0 bridgehead atoms. The average Bonchev–Trinajstić information content (AvgIpc) is 3.53. The Hall–Kier alpha value is -4.24. The first kappa shape index (κ1) is 31.7. The van der Waals surface area contributed by atoms with Gasteiger partial charge < -0.3 is 42.0 Å². The highest BCUT2D eigenvalue weighted by molar-refractivity contribution is 7.91. The number of nitrogens with zero attached hydrogens (tertiary/aromatic N) is 7. The molecule has 3 aromatic heterocycles. The molecule has 0 radical (unpaired) electrons. The van der Waals surface area contributed by atoms with Gasteiger partial charge in [-0.05, 0) is 26.7 Å². The lowest BCUT2D eigenvalue weighted by Gasteiger charge is -2.35. The van der Waals surface area contributed by atoms with E-state index in [2.05, 4.69) is 40.5 Å². The zero-order chi connectivity index (χ0) is 33.0. The summed E-state index contributed by atoms with van der Waals surface area (Å²) in [5, 5.41) is 27.3. The molecule has 9 N–H and O–H groups in total. The minimum absolute atomic E-state index is 0.0229. The number of imidazole rings is 1. The highest BCUT2D eigenvalue weighted by Crippen LogP contribution is 2.33. The summed E-state index contributed by atoms with van der Waals surface area (Å²) in [5.74, 6) is -0.821. The summed E-state index contributed by atoms with van der Waals surface area (Å²) in [6.45, 7) is 4.83. The van der Waals surface area contributed by atoms with E-state index in [-0.39, 0.29) is 53.0 Å². The minimum Gasteiger partial charge on any atom is -0.387 e. The number of aromatic amines is 1. The maximum Gasteiger partial charge on any atom is 0.280 e. The molecule has 46 heavy (non-hydrogen) atoms. The van der Waals surface area contributed by atoms with Crippen molar-refractivity contribution < 1.29 is 28.2 Å². The number of aliphatic hydroxyl groups excluding tert-OH is 2. The molecule has 19 nitrogen and oxygen atoms in total. The Kier molecular flexibility index (Phi) is 8.17.